The standard InChI is InChI=1S/C33H41N5O6S/c1-6-23-19(5)26(37-33(23)38-44-33)13-24-16(2)20(7-9-30(39)40)27(34-24)15-28-21(8-10-31(41)42)17(3)25(35-28)14-29-22(11-12-45)18(4)32(43)36-29/h6,11-12,14-15,18,22,24,26,34-35,37-38,45H,1,7-10,13H2,2-5H3,(H,36,43)(H,39,40)(H,41,42)/b12-11+,27-15-,29-14-/t18-,22-,24?,26-,33-/m1/s1. The van der Waals surface area contributed by atoms with Crippen LogP contribution in [0.15, 0.2) is 57.8 Å². The van der Waals surface area contributed by atoms with Crippen LogP contribution in [-0.2, 0) is 25.6 Å². The van der Waals surface area contributed by atoms with Crippen LogP contribution >= 0.6 is 12.6 Å². The zero-order valence-corrected chi connectivity index (χ0v) is 26.8. The number of H-pyrrole nitrogens is 1. The number of carbonyl (C=O) groups is 3. The summed E-state index contributed by atoms with van der Waals surface area (Å²) in [6, 6.07) is -0.0718. The van der Waals surface area contributed by atoms with Gasteiger partial charge in [0.05, 0.1) is 0 Å². The molecule has 5 heterocycles. The topological polar surface area (TPSA) is 178 Å². The van der Waals surface area contributed by atoms with E-state index in [-0.39, 0.29) is 42.7 Å². The SMILES string of the molecule is C=CC1=C(C)[C@@H](CC2N/C(=C\c3[nH]c(/C=C4\NC(=O)[C@H](C)[C@H]4/C=C/S)c(C)c3CCC(=O)O)C(CCC(=O)O)=C2C)N[C@@]12NO2. The van der Waals surface area contributed by atoms with Gasteiger partial charge in [0.15, 0.2) is 0 Å². The molecule has 1 amide bonds. The number of nitrogens with one attached hydrogen (secondary N) is 5. The van der Waals surface area contributed by atoms with Crippen LogP contribution in [0.2, 0.25) is 0 Å². The first-order valence-corrected chi connectivity index (χ1v) is 15.6. The third kappa shape index (κ3) is 6.46. The third-order valence-electron chi connectivity index (χ3n) is 9.43. The molecule has 1 spiro atoms. The second-order valence-electron chi connectivity index (χ2n) is 12.1. The van der Waals surface area contributed by atoms with Crippen molar-refractivity contribution in [3.8, 4) is 0 Å². The summed E-state index contributed by atoms with van der Waals surface area (Å²) in [4.78, 5) is 44.6. The zero-order valence-electron chi connectivity index (χ0n) is 25.9. The van der Waals surface area contributed by atoms with Crippen LogP contribution in [0.5, 0.6) is 0 Å². The molecule has 4 aliphatic heterocycles. The number of carboxylic acids is 2. The molecular weight excluding hydrogens is 594 g/mol. The molecule has 0 bridgehead atoms. The number of thiol groups is 1. The molecule has 11 nitrogen and oxygen atoms in total. The van der Waals surface area contributed by atoms with Crippen LogP contribution in [0.25, 0.3) is 12.2 Å². The van der Waals surface area contributed by atoms with Crippen LogP contribution < -0.4 is 21.4 Å². The van der Waals surface area contributed by atoms with Crippen LogP contribution in [0, 0.1) is 18.8 Å². The number of amides is 1. The van der Waals surface area contributed by atoms with Gasteiger partial charge in [-0.3, -0.25) is 24.5 Å². The van der Waals surface area contributed by atoms with E-state index >= 15 is 0 Å². The summed E-state index contributed by atoms with van der Waals surface area (Å²) in [5.74, 6) is -2.96. The zero-order chi connectivity index (χ0) is 32.6. The highest BCUT2D eigenvalue weighted by molar-refractivity contribution is 7.83. The van der Waals surface area contributed by atoms with E-state index in [9.17, 15) is 24.6 Å². The van der Waals surface area contributed by atoms with Crippen molar-refractivity contribution in [1.82, 2.24) is 26.4 Å². The lowest BCUT2D eigenvalue weighted by molar-refractivity contribution is -0.138. The summed E-state index contributed by atoms with van der Waals surface area (Å²) in [6.07, 6.45) is 8.80. The van der Waals surface area contributed by atoms with Crippen molar-refractivity contribution >= 4 is 42.6 Å². The van der Waals surface area contributed by atoms with Gasteiger partial charge in [0.1, 0.15) is 0 Å². The molecule has 0 saturated carbocycles. The highest BCUT2D eigenvalue weighted by Gasteiger charge is 2.55. The molecule has 0 aromatic carbocycles. The fraction of sp³-hybridized carbons (Fsp3) is 0.424. The molecule has 2 saturated heterocycles. The molecule has 0 radical (unpaired) electrons. The van der Waals surface area contributed by atoms with Gasteiger partial charge in [0, 0.05) is 65.1 Å². The number of rotatable bonds is 12. The Balaban J connectivity index is 1.51. The second-order valence-corrected chi connectivity index (χ2v) is 12.4. The minimum Gasteiger partial charge on any atom is -0.481 e. The molecule has 12 heteroatoms. The summed E-state index contributed by atoms with van der Waals surface area (Å²) < 4.78 is 0. The average molecular weight is 636 g/mol. The molecule has 7 N–H and O–H groups in total. The largest absolute Gasteiger partial charge is 0.481 e. The van der Waals surface area contributed by atoms with Crippen molar-refractivity contribution in [3.05, 3.63) is 80.3 Å². The van der Waals surface area contributed by atoms with Crippen molar-refractivity contribution < 1.29 is 29.4 Å². The van der Waals surface area contributed by atoms with Gasteiger partial charge in [-0.25, -0.2) is 0 Å². The normalized spacial score (nSPS) is 29.5. The van der Waals surface area contributed by atoms with Gasteiger partial charge in [-0.2, -0.15) is 12.6 Å². The lowest BCUT2D eigenvalue weighted by atomic mass is 9.94. The maximum atomic E-state index is 12.5. The van der Waals surface area contributed by atoms with E-state index in [1.165, 1.54) is 0 Å². The van der Waals surface area contributed by atoms with Crippen molar-refractivity contribution in [2.45, 2.75) is 77.7 Å². The molecule has 1 aromatic heterocycles. The van der Waals surface area contributed by atoms with Gasteiger partial charge in [-0.1, -0.05) is 25.7 Å². The van der Waals surface area contributed by atoms with Gasteiger partial charge in [0.2, 0.25) is 11.8 Å². The molecule has 4 aliphatic rings. The second kappa shape index (κ2) is 12.9. The Morgan fingerprint density at radius 3 is 2.33 bits per heavy atom. The van der Waals surface area contributed by atoms with Crippen molar-refractivity contribution in [1.29, 1.82) is 0 Å². The number of aliphatic carboxylic acids is 2. The van der Waals surface area contributed by atoms with Crippen LogP contribution in [0.3, 0.4) is 0 Å². The quantitative estimate of drug-likeness (QED) is 0.124. The molecule has 5 rings (SSSR count). The molecule has 0 aliphatic carbocycles. The number of carboxylic acid groups (broad SMARTS) is 2. The van der Waals surface area contributed by atoms with Gasteiger partial charge in [-0.15, -0.1) is 5.48 Å². The third-order valence-corrected chi connectivity index (χ3v) is 9.60. The predicted octanol–water partition coefficient (Wildman–Crippen LogP) is 4.05. The fourth-order valence-electron chi connectivity index (χ4n) is 6.69. The van der Waals surface area contributed by atoms with Crippen molar-refractivity contribution in [3.63, 3.8) is 0 Å². The number of aromatic nitrogens is 1. The van der Waals surface area contributed by atoms with E-state index < -0.39 is 17.8 Å². The monoisotopic (exact) mass is 635 g/mol. The number of hydrogen-bond donors (Lipinski definition) is 8. The summed E-state index contributed by atoms with van der Waals surface area (Å²) in [5, 5.41) is 30.7. The number of hydrogen-bond acceptors (Lipinski definition) is 8. The molecule has 1 aromatic rings. The molecular formula is C33H41N5O6S. The van der Waals surface area contributed by atoms with Crippen LogP contribution in [0.1, 0.15) is 69.0 Å². The highest BCUT2D eigenvalue weighted by Crippen LogP contribution is 2.40. The van der Waals surface area contributed by atoms with Crippen LogP contribution in [0.4, 0.5) is 0 Å². The van der Waals surface area contributed by atoms with E-state index in [0.29, 0.717) is 19.3 Å². The first-order chi connectivity index (χ1) is 21.4. The predicted molar refractivity (Wildman–Crippen MR) is 174 cm³/mol. The van der Waals surface area contributed by atoms with Gasteiger partial charge in [0.25, 0.3) is 0 Å². The number of hydroxylamine groups is 1. The Bertz CT molecular complexity index is 1590. The van der Waals surface area contributed by atoms with Crippen molar-refractivity contribution in [2.24, 2.45) is 11.8 Å². The lowest BCUT2D eigenvalue weighted by Gasteiger charge is -2.20. The average Bonchev–Trinajstić information content (AvgIpc) is 3.41. The smallest absolute Gasteiger partial charge is 0.303 e. The van der Waals surface area contributed by atoms with Crippen LogP contribution in [-0.4, -0.2) is 51.0 Å². The molecule has 45 heavy (non-hydrogen) atoms. The summed E-state index contributed by atoms with van der Waals surface area (Å²) in [6.45, 7) is 11.8. The first-order valence-electron chi connectivity index (χ1n) is 15.1. The first kappa shape index (κ1) is 32.6. The van der Waals surface area contributed by atoms with Crippen molar-refractivity contribution in [2.75, 3.05) is 0 Å². The Morgan fingerprint density at radius 2 is 1.73 bits per heavy atom. The Morgan fingerprint density at radius 1 is 1.04 bits per heavy atom. The van der Waals surface area contributed by atoms with E-state index in [0.717, 1.165) is 56.2 Å². The van der Waals surface area contributed by atoms with E-state index in [1.54, 1.807) is 11.5 Å². The lowest BCUT2D eigenvalue weighted by Crippen LogP contribution is -2.41. The maximum Gasteiger partial charge on any atom is 0.303 e. The Labute approximate surface area is 268 Å². The number of aromatic amines is 1. The molecule has 5 atom stereocenters. The minimum absolute atomic E-state index is 0.000809. The number of carbonyl (C=O) groups excluding carboxylic acids is 1. The van der Waals surface area contributed by atoms with E-state index in [2.05, 4.69) is 52.5 Å². The highest BCUT2D eigenvalue weighted by atomic mass is 32.1. The minimum atomic E-state index is -0.903. The summed E-state index contributed by atoms with van der Waals surface area (Å²) >= 11 is 4.21. The molecule has 2 fully saturated rings. The summed E-state index contributed by atoms with van der Waals surface area (Å²) in [7, 11) is 0. The maximum absolute atomic E-state index is 12.5. The fourth-order valence-corrected chi connectivity index (χ4v) is 6.88. The summed E-state index contributed by atoms with van der Waals surface area (Å²) in [5.41, 5.74) is 11.8. The van der Waals surface area contributed by atoms with E-state index in [4.69, 9.17) is 4.84 Å². The van der Waals surface area contributed by atoms with Gasteiger partial charge in [-0.05, 0) is 85.4 Å². The van der Waals surface area contributed by atoms with E-state index in [1.807, 2.05) is 39.0 Å². The van der Waals surface area contributed by atoms with Gasteiger partial charge >= 0.3 is 11.9 Å². The Kier molecular flexibility index (Phi) is 9.31. The molecule has 1 unspecified atom stereocenters. The Hall–Kier alpha value is -3.84. The number of allylic oxidation sites excluding steroid dienone is 2. The molecule has 240 valence electrons. The van der Waals surface area contributed by atoms with Gasteiger partial charge < -0.3 is 25.8 Å².